The summed E-state index contributed by atoms with van der Waals surface area (Å²) in [6, 6.07) is 4.27. The van der Waals surface area contributed by atoms with Gasteiger partial charge < -0.3 is 15.1 Å². The Kier molecular flexibility index (Phi) is 9.86. The van der Waals surface area contributed by atoms with Crippen LogP contribution in [0.1, 0.15) is 31.8 Å². The molecule has 0 aliphatic rings. The second-order valence-corrected chi connectivity index (χ2v) is 10.0. The molecule has 3 rings (SSSR count). The quantitative estimate of drug-likeness (QED) is 0.113. The van der Waals surface area contributed by atoms with Crippen molar-refractivity contribution in [3.8, 4) is 0 Å². The van der Waals surface area contributed by atoms with Crippen LogP contribution in [0.3, 0.4) is 0 Å². The zero-order chi connectivity index (χ0) is 34.1. The SMILES string of the molecule is [C-]#[N+]c1ccc(C(=O)N(CC=C)c2cccc(C(=O)Nc3c(I)cc(C(F)(C(F)(F)F)C(F)(F)F)cc3C(F)(F)F)c2F)cn1. The Labute approximate surface area is 259 Å². The number of benzene rings is 2. The number of amides is 2. The van der Waals surface area contributed by atoms with Crippen molar-refractivity contribution in [2.24, 2.45) is 0 Å². The van der Waals surface area contributed by atoms with Gasteiger partial charge in [-0.15, -0.1) is 11.6 Å². The van der Waals surface area contributed by atoms with E-state index in [1.54, 1.807) is 5.32 Å². The van der Waals surface area contributed by atoms with Crippen LogP contribution in [0.15, 0.2) is 61.3 Å². The molecular formula is C27H14F11IN4O2. The number of pyridine rings is 1. The molecule has 0 bridgehead atoms. The monoisotopic (exact) mass is 762 g/mol. The number of aromatic nitrogens is 1. The molecule has 0 aliphatic heterocycles. The molecule has 0 atom stereocenters. The lowest BCUT2D eigenvalue weighted by Crippen LogP contribution is -2.50. The van der Waals surface area contributed by atoms with E-state index < -0.39 is 79.5 Å². The second kappa shape index (κ2) is 12.6. The van der Waals surface area contributed by atoms with E-state index in [-0.39, 0.29) is 24.0 Å². The van der Waals surface area contributed by atoms with Crippen molar-refractivity contribution in [2.75, 3.05) is 16.8 Å². The normalized spacial score (nSPS) is 12.3. The third-order valence-corrected chi connectivity index (χ3v) is 6.84. The predicted octanol–water partition coefficient (Wildman–Crippen LogP) is 8.77. The predicted molar refractivity (Wildman–Crippen MR) is 146 cm³/mol. The fraction of sp³-hybridized carbons (Fsp3) is 0.185. The minimum atomic E-state index is -6.73. The van der Waals surface area contributed by atoms with Crippen LogP contribution in [-0.2, 0) is 11.8 Å². The highest BCUT2D eigenvalue weighted by molar-refractivity contribution is 14.1. The van der Waals surface area contributed by atoms with Crippen LogP contribution in [0.5, 0.6) is 0 Å². The number of carbonyl (C=O) groups is 2. The van der Waals surface area contributed by atoms with Crippen molar-refractivity contribution in [3.05, 3.63) is 104 Å². The lowest BCUT2D eigenvalue weighted by atomic mass is 9.92. The maximum atomic E-state index is 15.6. The van der Waals surface area contributed by atoms with Crippen LogP contribution in [-0.4, -0.2) is 35.7 Å². The highest BCUT2D eigenvalue weighted by Crippen LogP contribution is 2.54. The first kappa shape index (κ1) is 35.2. The van der Waals surface area contributed by atoms with Gasteiger partial charge in [-0.25, -0.2) is 8.78 Å². The highest BCUT2D eigenvalue weighted by atomic mass is 127. The topological polar surface area (TPSA) is 66.7 Å². The van der Waals surface area contributed by atoms with Crippen molar-refractivity contribution in [2.45, 2.75) is 24.2 Å². The van der Waals surface area contributed by atoms with Gasteiger partial charge in [-0.1, -0.05) is 24.8 Å². The van der Waals surface area contributed by atoms with Gasteiger partial charge in [-0.3, -0.25) is 9.59 Å². The van der Waals surface area contributed by atoms with Gasteiger partial charge in [0.05, 0.1) is 28.1 Å². The average molecular weight is 762 g/mol. The fourth-order valence-electron chi connectivity index (χ4n) is 3.88. The molecule has 0 aliphatic carbocycles. The summed E-state index contributed by atoms with van der Waals surface area (Å²) in [6.07, 6.45) is -17.0. The summed E-state index contributed by atoms with van der Waals surface area (Å²) in [5, 5.41) is 1.62. The molecule has 0 unspecified atom stereocenters. The largest absolute Gasteiger partial charge is 0.435 e. The van der Waals surface area contributed by atoms with Gasteiger partial charge in [0.1, 0.15) is 6.20 Å². The third-order valence-electron chi connectivity index (χ3n) is 5.99. The molecule has 1 N–H and O–H groups in total. The zero-order valence-electron chi connectivity index (χ0n) is 21.8. The Balaban J connectivity index is 2.11. The number of hydrogen-bond donors (Lipinski definition) is 1. The number of nitrogens with one attached hydrogen (secondary N) is 1. The van der Waals surface area contributed by atoms with E-state index in [0.717, 1.165) is 58.0 Å². The fourth-order valence-corrected chi connectivity index (χ4v) is 4.64. The lowest BCUT2D eigenvalue weighted by molar-refractivity contribution is -0.348. The van der Waals surface area contributed by atoms with Gasteiger partial charge >= 0.3 is 24.2 Å². The smallest absolute Gasteiger partial charge is 0.361 e. The number of rotatable bonds is 7. The first-order valence-corrected chi connectivity index (χ1v) is 12.9. The Bertz CT molecular complexity index is 1660. The van der Waals surface area contributed by atoms with Crippen molar-refractivity contribution in [1.82, 2.24) is 4.98 Å². The number of halogens is 12. The molecule has 2 amide bonds. The summed E-state index contributed by atoms with van der Waals surface area (Å²) >= 11 is 0.860. The van der Waals surface area contributed by atoms with Gasteiger partial charge in [-0.2, -0.15) is 39.5 Å². The van der Waals surface area contributed by atoms with E-state index in [1.165, 1.54) is 12.1 Å². The molecule has 0 fully saturated rings. The Hall–Kier alpha value is -4.28. The van der Waals surface area contributed by atoms with E-state index in [1.807, 2.05) is 0 Å². The molecular weight excluding hydrogens is 748 g/mol. The molecule has 0 spiro atoms. The van der Waals surface area contributed by atoms with Gasteiger partial charge in [0, 0.05) is 15.7 Å². The maximum Gasteiger partial charge on any atom is 0.435 e. The van der Waals surface area contributed by atoms with Crippen molar-refractivity contribution >= 4 is 51.6 Å². The lowest BCUT2D eigenvalue weighted by Gasteiger charge is -2.31. The molecule has 0 saturated heterocycles. The van der Waals surface area contributed by atoms with E-state index in [9.17, 15) is 53.5 Å². The minimum absolute atomic E-state index is 0.0680. The number of anilines is 2. The molecule has 1 heterocycles. The van der Waals surface area contributed by atoms with Gasteiger partial charge in [0.15, 0.2) is 5.82 Å². The first-order chi connectivity index (χ1) is 20.7. The summed E-state index contributed by atoms with van der Waals surface area (Å²) in [6.45, 7) is 10.00. The van der Waals surface area contributed by atoms with E-state index >= 15 is 4.39 Å². The van der Waals surface area contributed by atoms with E-state index in [4.69, 9.17) is 6.57 Å². The number of nitrogens with zero attached hydrogens (tertiary/aromatic N) is 3. The summed E-state index contributed by atoms with van der Waals surface area (Å²) in [5.74, 6) is -4.09. The third kappa shape index (κ3) is 6.87. The summed E-state index contributed by atoms with van der Waals surface area (Å²) < 4.78 is 150. The van der Waals surface area contributed by atoms with Crippen LogP contribution in [0.25, 0.3) is 4.85 Å². The Morgan fingerprint density at radius 1 is 1.00 bits per heavy atom. The second-order valence-electron chi connectivity index (χ2n) is 8.85. The van der Waals surface area contributed by atoms with E-state index in [0.29, 0.717) is 0 Å². The van der Waals surface area contributed by atoms with Crippen LogP contribution >= 0.6 is 22.6 Å². The molecule has 6 nitrogen and oxygen atoms in total. The number of carbonyl (C=O) groups excluding carboxylic acids is 2. The number of hydrogen-bond acceptors (Lipinski definition) is 3. The van der Waals surface area contributed by atoms with Gasteiger partial charge in [0.2, 0.25) is 0 Å². The van der Waals surface area contributed by atoms with Crippen molar-refractivity contribution < 1.29 is 57.9 Å². The maximum absolute atomic E-state index is 15.6. The van der Waals surface area contributed by atoms with E-state index in [2.05, 4.69) is 16.4 Å². The molecule has 0 saturated carbocycles. The molecule has 18 heteroatoms. The van der Waals surface area contributed by atoms with Crippen molar-refractivity contribution in [1.29, 1.82) is 0 Å². The zero-order valence-corrected chi connectivity index (χ0v) is 24.0. The van der Waals surface area contributed by atoms with Gasteiger partial charge in [-0.05, 0) is 52.9 Å². The highest BCUT2D eigenvalue weighted by Gasteiger charge is 2.73. The molecule has 238 valence electrons. The Morgan fingerprint density at radius 3 is 2.11 bits per heavy atom. The molecule has 0 radical (unpaired) electrons. The molecule has 2 aromatic carbocycles. The summed E-state index contributed by atoms with van der Waals surface area (Å²) in [7, 11) is 0. The van der Waals surface area contributed by atoms with Gasteiger partial charge in [0.25, 0.3) is 17.6 Å². The summed E-state index contributed by atoms with van der Waals surface area (Å²) in [4.78, 5) is 33.6. The Morgan fingerprint density at radius 2 is 1.62 bits per heavy atom. The average Bonchev–Trinajstić information content (AvgIpc) is 2.94. The first-order valence-electron chi connectivity index (χ1n) is 11.8. The molecule has 1 aromatic heterocycles. The minimum Gasteiger partial charge on any atom is -0.361 e. The van der Waals surface area contributed by atoms with Crippen LogP contribution in [0, 0.1) is 16.0 Å². The molecule has 45 heavy (non-hydrogen) atoms. The van der Waals surface area contributed by atoms with Crippen LogP contribution < -0.4 is 10.2 Å². The van der Waals surface area contributed by atoms with Crippen molar-refractivity contribution in [3.63, 3.8) is 0 Å². The number of alkyl halides is 10. The summed E-state index contributed by atoms with van der Waals surface area (Å²) in [5.41, 5.74) is -14.1. The standard InChI is InChI=1S/C27H14F11IN4O2/c1-3-9-43(23(45)13-7-8-19(40-2)41-12-13)18-6-4-5-15(20(18)28)22(44)42-21-16(25(30,31)32)10-14(11-17(21)39)24(29,26(33,34)35)27(36,37)38/h3-8,10-12H,1,9H2,(H,42,44). The van der Waals surface area contributed by atoms with Crippen LogP contribution in [0.2, 0.25) is 0 Å². The van der Waals surface area contributed by atoms with Crippen LogP contribution in [0.4, 0.5) is 65.5 Å². The molecule has 3 aromatic rings.